The number of nitrogens with zero attached hydrogens (tertiary/aromatic N) is 3. The van der Waals surface area contributed by atoms with Gasteiger partial charge in [-0.25, -0.2) is 9.18 Å². The summed E-state index contributed by atoms with van der Waals surface area (Å²) < 4.78 is 15.1. The Balaban J connectivity index is 2.01. The molecule has 2 aromatic rings. The number of benzene rings is 1. The second-order valence-corrected chi connectivity index (χ2v) is 6.28. The number of likely N-dealkylation sites (tertiary alicyclic amines) is 1. The molecular weight excluding hydrogens is 289 g/mol. The van der Waals surface area contributed by atoms with Crippen molar-refractivity contribution >= 4 is 17.4 Å². The highest BCUT2D eigenvalue weighted by molar-refractivity contribution is 7.09. The standard InChI is InChI=1S/C15H16FN3OS/c1-11-10-19(13-6-4-5-12(16)9-13)15(21-11)17-14(20)18-7-2-3-8-18/h4-6,9-10H,2-3,7-8H2,1H3. The molecule has 1 aliphatic heterocycles. The van der Waals surface area contributed by atoms with E-state index in [1.807, 2.05) is 13.1 Å². The number of halogens is 1. The van der Waals surface area contributed by atoms with E-state index in [1.165, 1.54) is 23.5 Å². The van der Waals surface area contributed by atoms with Crippen LogP contribution in [0.15, 0.2) is 35.5 Å². The number of rotatable bonds is 1. The molecule has 0 N–H and O–H groups in total. The van der Waals surface area contributed by atoms with Crippen LogP contribution in [-0.2, 0) is 0 Å². The predicted octanol–water partition coefficient (Wildman–Crippen LogP) is 3.10. The lowest BCUT2D eigenvalue weighted by Crippen LogP contribution is -2.27. The maximum atomic E-state index is 13.4. The van der Waals surface area contributed by atoms with Crippen molar-refractivity contribution in [2.24, 2.45) is 4.99 Å². The third-order valence-electron chi connectivity index (χ3n) is 3.42. The molecule has 4 nitrogen and oxygen atoms in total. The summed E-state index contributed by atoms with van der Waals surface area (Å²) in [6.07, 6.45) is 3.94. The Bertz CT molecular complexity index is 729. The summed E-state index contributed by atoms with van der Waals surface area (Å²) in [6.45, 7) is 3.49. The van der Waals surface area contributed by atoms with Crippen molar-refractivity contribution in [1.29, 1.82) is 0 Å². The number of urea groups is 1. The van der Waals surface area contributed by atoms with Gasteiger partial charge in [-0.15, -0.1) is 11.3 Å². The lowest BCUT2D eigenvalue weighted by atomic mass is 10.3. The second kappa shape index (κ2) is 5.81. The number of hydrogen-bond acceptors (Lipinski definition) is 2. The van der Waals surface area contributed by atoms with Crippen molar-refractivity contribution in [3.63, 3.8) is 0 Å². The van der Waals surface area contributed by atoms with E-state index in [2.05, 4.69) is 4.99 Å². The molecule has 6 heteroatoms. The minimum absolute atomic E-state index is 0.209. The maximum Gasteiger partial charge on any atom is 0.346 e. The van der Waals surface area contributed by atoms with Gasteiger partial charge in [0.25, 0.3) is 0 Å². The molecule has 1 fully saturated rings. The van der Waals surface area contributed by atoms with E-state index < -0.39 is 0 Å². The Hall–Kier alpha value is -1.95. The Morgan fingerprint density at radius 3 is 2.81 bits per heavy atom. The third-order valence-corrected chi connectivity index (χ3v) is 4.32. The van der Waals surface area contributed by atoms with E-state index in [4.69, 9.17) is 0 Å². The fourth-order valence-electron chi connectivity index (χ4n) is 2.41. The van der Waals surface area contributed by atoms with Gasteiger partial charge in [0.15, 0.2) is 4.80 Å². The zero-order valence-corrected chi connectivity index (χ0v) is 12.6. The molecule has 0 bridgehead atoms. The van der Waals surface area contributed by atoms with Crippen LogP contribution in [0.3, 0.4) is 0 Å². The third kappa shape index (κ3) is 3.05. The first-order chi connectivity index (χ1) is 10.1. The smallest absolute Gasteiger partial charge is 0.323 e. The molecule has 0 spiro atoms. The second-order valence-electron chi connectivity index (χ2n) is 5.06. The Kier molecular flexibility index (Phi) is 3.88. The summed E-state index contributed by atoms with van der Waals surface area (Å²) in [7, 11) is 0. The summed E-state index contributed by atoms with van der Waals surface area (Å²) in [5, 5.41) is 0. The molecule has 1 aromatic carbocycles. The lowest BCUT2D eigenvalue weighted by Gasteiger charge is -2.10. The molecule has 0 unspecified atom stereocenters. The fraction of sp³-hybridized carbons (Fsp3) is 0.333. The first-order valence-corrected chi connectivity index (χ1v) is 7.74. The SMILES string of the molecule is Cc1cn(-c2cccc(F)c2)c(=NC(=O)N2CCCC2)s1. The van der Waals surface area contributed by atoms with Crippen LogP contribution in [0.5, 0.6) is 0 Å². The summed E-state index contributed by atoms with van der Waals surface area (Å²) in [4.78, 5) is 19.7. The first kappa shape index (κ1) is 14.0. The molecule has 1 saturated heterocycles. The van der Waals surface area contributed by atoms with Crippen LogP contribution >= 0.6 is 11.3 Å². The van der Waals surface area contributed by atoms with Gasteiger partial charge in [-0.05, 0) is 38.0 Å². The zero-order chi connectivity index (χ0) is 14.8. The molecular formula is C15H16FN3OS. The largest absolute Gasteiger partial charge is 0.346 e. The van der Waals surface area contributed by atoms with E-state index in [1.54, 1.807) is 21.6 Å². The molecule has 110 valence electrons. The van der Waals surface area contributed by atoms with Crippen molar-refractivity contribution < 1.29 is 9.18 Å². The van der Waals surface area contributed by atoms with Crippen LogP contribution in [0.4, 0.5) is 9.18 Å². The molecule has 2 amide bonds. The van der Waals surface area contributed by atoms with Gasteiger partial charge in [-0.2, -0.15) is 4.99 Å². The number of carbonyl (C=O) groups excluding carboxylic acids is 1. The quantitative estimate of drug-likeness (QED) is 0.797. The number of amides is 2. The molecule has 1 aromatic heterocycles. The topological polar surface area (TPSA) is 37.6 Å². The van der Waals surface area contributed by atoms with Gasteiger partial charge >= 0.3 is 6.03 Å². The summed E-state index contributed by atoms with van der Waals surface area (Å²) in [5.41, 5.74) is 0.673. The van der Waals surface area contributed by atoms with Gasteiger partial charge in [0.2, 0.25) is 0 Å². The lowest BCUT2D eigenvalue weighted by molar-refractivity contribution is 0.218. The molecule has 21 heavy (non-hydrogen) atoms. The maximum absolute atomic E-state index is 13.4. The van der Waals surface area contributed by atoms with Gasteiger partial charge < -0.3 is 4.90 Å². The van der Waals surface area contributed by atoms with E-state index in [0.717, 1.165) is 30.8 Å². The van der Waals surface area contributed by atoms with Crippen molar-refractivity contribution in [2.75, 3.05) is 13.1 Å². The van der Waals surface area contributed by atoms with Crippen LogP contribution < -0.4 is 4.80 Å². The Morgan fingerprint density at radius 1 is 1.33 bits per heavy atom. The highest BCUT2D eigenvalue weighted by Crippen LogP contribution is 2.12. The number of aromatic nitrogens is 1. The zero-order valence-electron chi connectivity index (χ0n) is 11.8. The molecule has 0 atom stereocenters. The molecule has 0 radical (unpaired) electrons. The Labute approximate surface area is 126 Å². The average molecular weight is 305 g/mol. The highest BCUT2D eigenvalue weighted by atomic mass is 32.1. The number of aryl methyl sites for hydroxylation is 1. The van der Waals surface area contributed by atoms with Crippen molar-refractivity contribution in [3.8, 4) is 5.69 Å². The molecule has 1 aliphatic rings. The van der Waals surface area contributed by atoms with Crippen LogP contribution in [0.1, 0.15) is 17.7 Å². The molecule has 0 aliphatic carbocycles. The molecule has 2 heterocycles. The number of thiazole rings is 1. The number of carbonyl (C=O) groups is 1. The van der Waals surface area contributed by atoms with Gasteiger partial charge in [0.05, 0.1) is 5.69 Å². The van der Waals surface area contributed by atoms with Crippen LogP contribution in [0.2, 0.25) is 0 Å². The summed E-state index contributed by atoms with van der Waals surface area (Å²) in [5.74, 6) is -0.305. The van der Waals surface area contributed by atoms with Crippen LogP contribution in [0, 0.1) is 12.7 Å². The van der Waals surface area contributed by atoms with Crippen molar-refractivity contribution in [2.45, 2.75) is 19.8 Å². The van der Waals surface area contributed by atoms with Crippen LogP contribution in [0.25, 0.3) is 5.69 Å². The van der Waals surface area contributed by atoms with E-state index in [-0.39, 0.29) is 11.8 Å². The predicted molar refractivity (Wildman–Crippen MR) is 80.1 cm³/mol. The average Bonchev–Trinajstić information content (AvgIpc) is 3.08. The van der Waals surface area contributed by atoms with E-state index in [9.17, 15) is 9.18 Å². The van der Waals surface area contributed by atoms with Gasteiger partial charge in [-0.1, -0.05) is 6.07 Å². The minimum Gasteiger partial charge on any atom is -0.323 e. The Morgan fingerprint density at radius 2 is 2.10 bits per heavy atom. The van der Waals surface area contributed by atoms with Crippen molar-refractivity contribution in [3.05, 3.63) is 46.0 Å². The monoisotopic (exact) mass is 305 g/mol. The first-order valence-electron chi connectivity index (χ1n) is 6.92. The van der Waals surface area contributed by atoms with E-state index in [0.29, 0.717) is 10.5 Å². The van der Waals surface area contributed by atoms with Crippen molar-refractivity contribution in [1.82, 2.24) is 9.47 Å². The van der Waals surface area contributed by atoms with E-state index >= 15 is 0 Å². The highest BCUT2D eigenvalue weighted by Gasteiger charge is 2.17. The number of hydrogen-bond donors (Lipinski definition) is 0. The normalized spacial score (nSPS) is 15.7. The van der Waals surface area contributed by atoms with Gasteiger partial charge in [0, 0.05) is 24.2 Å². The molecule has 3 rings (SSSR count). The minimum atomic E-state index is -0.305. The van der Waals surface area contributed by atoms with Gasteiger partial charge in [0.1, 0.15) is 5.82 Å². The molecule has 0 saturated carbocycles. The fourth-order valence-corrected chi connectivity index (χ4v) is 3.23. The van der Waals surface area contributed by atoms with Crippen LogP contribution in [-0.4, -0.2) is 28.6 Å². The van der Waals surface area contributed by atoms with Gasteiger partial charge in [-0.3, -0.25) is 4.57 Å². The summed E-state index contributed by atoms with van der Waals surface area (Å²) in [6, 6.07) is 6.08. The summed E-state index contributed by atoms with van der Waals surface area (Å²) >= 11 is 1.43.